The fourth-order valence-electron chi connectivity index (χ4n) is 1.40. The fourth-order valence-corrected chi connectivity index (χ4v) is 2.27. The second kappa shape index (κ2) is 7.18. The lowest BCUT2D eigenvalue weighted by molar-refractivity contribution is 0.102. The molecule has 0 aliphatic heterocycles. The van der Waals surface area contributed by atoms with Gasteiger partial charge in [0, 0.05) is 12.0 Å². The standard InChI is InChI=1S/C14H10ClFN2O2S/c15-11-7-9(4-5-12(11)16)13(20)18-14-17-8-10(21-14)3-1-2-6-19/h4-5,7-8,19H,2,6H2,(H,17,18,20). The number of hydrogen-bond donors (Lipinski definition) is 2. The van der Waals surface area contributed by atoms with Gasteiger partial charge < -0.3 is 5.11 Å². The van der Waals surface area contributed by atoms with Gasteiger partial charge >= 0.3 is 0 Å². The normalized spacial score (nSPS) is 9.86. The number of rotatable bonds is 3. The van der Waals surface area contributed by atoms with E-state index in [-0.39, 0.29) is 17.2 Å². The van der Waals surface area contributed by atoms with Gasteiger partial charge in [0.1, 0.15) is 5.82 Å². The van der Waals surface area contributed by atoms with E-state index < -0.39 is 11.7 Å². The summed E-state index contributed by atoms with van der Waals surface area (Å²) in [6, 6.07) is 3.72. The van der Waals surface area contributed by atoms with Gasteiger partial charge in [0.05, 0.1) is 22.7 Å². The van der Waals surface area contributed by atoms with Crippen LogP contribution in [-0.4, -0.2) is 22.6 Å². The number of carbonyl (C=O) groups is 1. The monoisotopic (exact) mass is 324 g/mol. The van der Waals surface area contributed by atoms with Gasteiger partial charge in [-0.05, 0) is 18.2 Å². The van der Waals surface area contributed by atoms with Gasteiger partial charge in [-0.2, -0.15) is 0 Å². The number of benzene rings is 1. The summed E-state index contributed by atoms with van der Waals surface area (Å²) in [5.41, 5.74) is 0.240. The highest BCUT2D eigenvalue weighted by atomic mass is 35.5. The molecule has 0 bridgehead atoms. The van der Waals surface area contributed by atoms with Crippen LogP contribution in [0.3, 0.4) is 0 Å². The number of nitrogens with zero attached hydrogens (tertiary/aromatic N) is 1. The van der Waals surface area contributed by atoms with Crippen molar-refractivity contribution in [1.29, 1.82) is 0 Å². The van der Waals surface area contributed by atoms with Crippen molar-refractivity contribution >= 4 is 34.0 Å². The van der Waals surface area contributed by atoms with Crippen molar-refractivity contribution in [1.82, 2.24) is 4.98 Å². The summed E-state index contributed by atoms with van der Waals surface area (Å²) in [6.45, 7) is 0.000717. The third-order valence-corrected chi connectivity index (χ3v) is 3.47. The Labute approximate surface area is 129 Å². The molecule has 1 aromatic carbocycles. The Morgan fingerprint density at radius 1 is 1.52 bits per heavy atom. The first-order chi connectivity index (χ1) is 10.1. The van der Waals surface area contributed by atoms with Crippen molar-refractivity contribution in [3.05, 3.63) is 45.7 Å². The van der Waals surface area contributed by atoms with Crippen LogP contribution in [0.2, 0.25) is 5.02 Å². The van der Waals surface area contributed by atoms with Gasteiger partial charge in [-0.25, -0.2) is 9.37 Å². The van der Waals surface area contributed by atoms with Gasteiger partial charge in [0.2, 0.25) is 0 Å². The molecular weight excluding hydrogens is 315 g/mol. The van der Waals surface area contributed by atoms with E-state index in [1.54, 1.807) is 0 Å². The molecule has 0 atom stereocenters. The lowest BCUT2D eigenvalue weighted by Gasteiger charge is -2.02. The average Bonchev–Trinajstić information content (AvgIpc) is 2.89. The zero-order chi connectivity index (χ0) is 15.2. The molecule has 2 N–H and O–H groups in total. The van der Waals surface area contributed by atoms with Crippen molar-refractivity contribution in [2.45, 2.75) is 6.42 Å². The zero-order valence-electron chi connectivity index (χ0n) is 10.7. The second-order valence-electron chi connectivity index (χ2n) is 3.89. The van der Waals surface area contributed by atoms with Gasteiger partial charge in [0.25, 0.3) is 5.91 Å². The molecule has 0 fully saturated rings. The number of aliphatic hydroxyl groups is 1. The minimum Gasteiger partial charge on any atom is -0.395 e. The van der Waals surface area contributed by atoms with Crippen molar-refractivity contribution in [2.24, 2.45) is 0 Å². The highest BCUT2D eigenvalue weighted by molar-refractivity contribution is 7.16. The Hall–Kier alpha value is -1.94. The maximum atomic E-state index is 13.0. The van der Waals surface area contributed by atoms with Crippen molar-refractivity contribution in [3.63, 3.8) is 0 Å². The van der Waals surface area contributed by atoms with Gasteiger partial charge in [-0.1, -0.05) is 34.8 Å². The van der Waals surface area contributed by atoms with Gasteiger partial charge in [-0.3, -0.25) is 10.1 Å². The first-order valence-corrected chi connectivity index (χ1v) is 7.11. The Kier molecular flexibility index (Phi) is 5.28. The van der Waals surface area contributed by atoms with Crippen molar-refractivity contribution in [3.8, 4) is 11.8 Å². The topological polar surface area (TPSA) is 62.2 Å². The number of halogens is 2. The predicted molar refractivity (Wildman–Crippen MR) is 80.1 cm³/mol. The molecule has 0 saturated heterocycles. The highest BCUT2D eigenvalue weighted by Crippen LogP contribution is 2.20. The molecule has 21 heavy (non-hydrogen) atoms. The second-order valence-corrected chi connectivity index (χ2v) is 5.33. The largest absolute Gasteiger partial charge is 0.395 e. The minimum absolute atomic E-state index is 0.000717. The molecule has 7 heteroatoms. The SMILES string of the molecule is O=C(Nc1ncc(C#CCCO)s1)c1ccc(F)c(Cl)c1. The van der Waals surface area contributed by atoms with Crippen LogP contribution >= 0.6 is 22.9 Å². The summed E-state index contributed by atoms with van der Waals surface area (Å²) in [5.74, 6) is 4.57. The Morgan fingerprint density at radius 3 is 3.05 bits per heavy atom. The van der Waals surface area contributed by atoms with Crippen LogP contribution in [0.4, 0.5) is 9.52 Å². The van der Waals surface area contributed by atoms with Crippen LogP contribution in [0.1, 0.15) is 21.7 Å². The number of hydrogen-bond acceptors (Lipinski definition) is 4. The number of aromatic nitrogens is 1. The maximum Gasteiger partial charge on any atom is 0.257 e. The molecule has 0 saturated carbocycles. The first kappa shape index (κ1) is 15.4. The van der Waals surface area contributed by atoms with Crippen LogP contribution < -0.4 is 5.32 Å². The van der Waals surface area contributed by atoms with E-state index in [9.17, 15) is 9.18 Å². The summed E-state index contributed by atoms with van der Waals surface area (Å²) in [7, 11) is 0. The van der Waals surface area contributed by atoms with Crippen LogP contribution in [0.15, 0.2) is 24.4 Å². The lowest BCUT2D eigenvalue weighted by Crippen LogP contribution is -2.11. The van der Waals surface area contributed by atoms with E-state index in [4.69, 9.17) is 16.7 Å². The maximum absolute atomic E-state index is 13.0. The van der Waals surface area contributed by atoms with Crippen molar-refractivity contribution in [2.75, 3.05) is 11.9 Å². The number of thiazole rings is 1. The van der Waals surface area contributed by atoms with Crippen LogP contribution in [0, 0.1) is 17.7 Å². The number of anilines is 1. The quantitative estimate of drug-likeness (QED) is 0.853. The molecule has 2 rings (SSSR count). The first-order valence-electron chi connectivity index (χ1n) is 5.92. The van der Waals surface area contributed by atoms with E-state index in [1.807, 2.05) is 0 Å². The number of aliphatic hydroxyl groups excluding tert-OH is 1. The summed E-state index contributed by atoms with van der Waals surface area (Å²) in [5, 5.41) is 11.5. The van der Waals surface area contributed by atoms with E-state index in [0.717, 1.165) is 6.07 Å². The Morgan fingerprint density at radius 2 is 2.33 bits per heavy atom. The predicted octanol–water partition coefficient (Wildman–Crippen LogP) is 2.92. The zero-order valence-corrected chi connectivity index (χ0v) is 12.3. The van der Waals surface area contributed by atoms with E-state index in [1.165, 1.54) is 29.7 Å². The molecule has 1 amide bonds. The van der Waals surface area contributed by atoms with Crippen LogP contribution in [0.5, 0.6) is 0 Å². The average molecular weight is 325 g/mol. The highest BCUT2D eigenvalue weighted by Gasteiger charge is 2.10. The van der Waals surface area contributed by atoms with E-state index in [0.29, 0.717) is 16.4 Å². The third-order valence-electron chi connectivity index (χ3n) is 2.36. The summed E-state index contributed by atoms with van der Waals surface area (Å²) >= 11 is 6.84. The summed E-state index contributed by atoms with van der Waals surface area (Å²) in [6.07, 6.45) is 1.91. The third kappa shape index (κ3) is 4.26. The van der Waals surface area contributed by atoms with Gasteiger partial charge in [0.15, 0.2) is 5.13 Å². The minimum atomic E-state index is -0.580. The molecule has 4 nitrogen and oxygen atoms in total. The molecule has 108 valence electrons. The number of amides is 1. The number of nitrogens with one attached hydrogen (secondary N) is 1. The number of carbonyl (C=O) groups excluding carboxylic acids is 1. The fraction of sp³-hybridized carbons (Fsp3) is 0.143. The van der Waals surface area contributed by atoms with Crippen LogP contribution in [0.25, 0.3) is 0 Å². The summed E-state index contributed by atoms with van der Waals surface area (Å²) < 4.78 is 13.0. The van der Waals surface area contributed by atoms with Crippen LogP contribution in [-0.2, 0) is 0 Å². The molecular formula is C14H10ClFN2O2S. The van der Waals surface area contributed by atoms with E-state index in [2.05, 4.69) is 22.1 Å². The molecule has 1 heterocycles. The van der Waals surface area contributed by atoms with Gasteiger partial charge in [-0.15, -0.1) is 0 Å². The Balaban J connectivity index is 2.06. The van der Waals surface area contributed by atoms with E-state index >= 15 is 0 Å². The molecule has 2 aromatic rings. The molecule has 1 aromatic heterocycles. The Bertz CT molecular complexity index is 721. The molecule has 0 unspecified atom stereocenters. The molecule has 0 aliphatic rings. The summed E-state index contributed by atoms with van der Waals surface area (Å²) in [4.78, 5) is 16.6. The lowest BCUT2D eigenvalue weighted by atomic mass is 10.2. The molecule has 0 aliphatic carbocycles. The molecule has 0 radical (unpaired) electrons. The molecule has 0 spiro atoms. The van der Waals surface area contributed by atoms with Crippen molar-refractivity contribution < 1.29 is 14.3 Å². The smallest absolute Gasteiger partial charge is 0.257 e.